The third-order valence-electron chi connectivity index (χ3n) is 2.82. The number of carbonyl (C=O) groups excluding carboxylic acids is 1. The molecule has 1 atom stereocenters. The van der Waals surface area contributed by atoms with E-state index in [0.717, 1.165) is 12.1 Å². The van der Waals surface area contributed by atoms with Crippen LogP contribution in [0.3, 0.4) is 0 Å². The predicted molar refractivity (Wildman–Crippen MR) is 55.8 cm³/mol. The highest BCUT2D eigenvalue weighted by Gasteiger charge is 2.50. The lowest BCUT2D eigenvalue weighted by Crippen LogP contribution is -2.16. The van der Waals surface area contributed by atoms with Crippen molar-refractivity contribution >= 4 is 11.6 Å². The van der Waals surface area contributed by atoms with Gasteiger partial charge in [-0.2, -0.15) is 0 Å². The molecule has 1 aliphatic rings. The zero-order valence-electron chi connectivity index (χ0n) is 8.50. The molecule has 1 amide bonds. The number of hydrogen-bond donors (Lipinski definition) is 1. The second kappa shape index (κ2) is 3.12. The molecule has 1 unspecified atom stereocenters. The number of carbonyl (C=O) groups is 1. The van der Waals surface area contributed by atoms with Crippen molar-refractivity contribution in [3.63, 3.8) is 0 Å². The van der Waals surface area contributed by atoms with Crippen molar-refractivity contribution in [3.05, 3.63) is 30.3 Å². The molecule has 1 N–H and O–H groups in total. The Morgan fingerprint density at radius 1 is 1.50 bits per heavy atom. The van der Waals surface area contributed by atoms with Crippen LogP contribution in [0.15, 0.2) is 24.3 Å². The van der Waals surface area contributed by atoms with Crippen molar-refractivity contribution in [2.75, 3.05) is 5.32 Å². The van der Waals surface area contributed by atoms with E-state index in [4.69, 9.17) is 0 Å². The first-order valence-electron chi connectivity index (χ1n) is 4.86. The third kappa shape index (κ3) is 1.79. The van der Waals surface area contributed by atoms with Gasteiger partial charge in [0.2, 0.25) is 5.91 Å². The number of benzene rings is 1. The van der Waals surface area contributed by atoms with Gasteiger partial charge in [0, 0.05) is 11.6 Å². The lowest BCUT2D eigenvalue weighted by Gasteiger charge is -2.05. The number of amides is 1. The van der Waals surface area contributed by atoms with E-state index >= 15 is 0 Å². The predicted octanol–water partition coefficient (Wildman–Crippen LogP) is 2.47. The van der Waals surface area contributed by atoms with Crippen LogP contribution in [0.4, 0.5) is 5.69 Å². The molecule has 1 aliphatic carbocycles. The minimum Gasteiger partial charge on any atom is -0.326 e. The molecule has 14 heavy (non-hydrogen) atoms. The fourth-order valence-corrected chi connectivity index (χ4v) is 1.61. The van der Waals surface area contributed by atoms with Crippen molar-refractivity contribution in [2.45, 2.75) is 20.3 Å². The monoisotopic (exact) mass is 188 g/mol. The second-order valence-electron chi connectivity index (χ2n) is 4.52. The van der Waals surface area contributed by atoms with Crippen LogP contribution in [-0.2, 0) is 4.79 Å². The smallest absolute Gasteiger partial charge is 0.228 e. The van der Waals surface area contributed by atoms with Gasteiger partial charge in [0.05, 0.1) is 0 Å². The molecule has 0 spiro atoms. The van der Waals surface area contributed by atoms with E-state index in [2.05, 4.69) is 25.2 Å². The van der Waals surface area contributed by atoms with Gasteiger partial charge in [0.1, 0.15) is 0 Å². The van der Waals surface area contributed by atoms with Crippen LogP contribution in [0.1, 0.15) is 20.3 Å². The summed E-state index contributed by atoms with van der Waals surface area (Å²) in [6, 6.07) is 10.2. The molecule has 0 bridgehead atoms. The van der Waals surface area contributed by atoms with E-state index in [-0.39, 0.29) is 17.2 Å². The molecule has 0 heterocycles. The summed E-state index contributed by atoms with van der Waals surface area (Å²) in [5.41, 5.74) is 1.06. The topological polar surface area (TPSA) is 29.1 Å². The van der Waals surface area contributed by atoms with Gasteiger partial charge in [0.15, 0.2) is 0 Å². The molecule has 0 aromatic heterocycles. The Kier molecular flexibility index (Phi) is 2.06. The highest BCUT2D eigenvalue weighted by molar-refractivity contribution is 5.94. The molecule has 1 radical (unpaired) electrons. The summed E-state index contributed by atoms with van der Waals surface area (Å²) in [5, 5.41) is 2.90. The summed E-state index contributed by atoms with van der Waals surface area (Å²) >= 11 is 0. The largest absolute Gasteiger partial charge is 0.326 e. The van der Waals surface area contributed by atoms with Gasteiger partial charge >= 0.3 is 0 Å². The van der Waals surface area contributed by atoms with Crippen LogP contribution in [-0.4, -0.2) is 5.91 Å². The van der Waals surface area contributed by atoms with Gasteiger partial charge in [-0.05, 0) is 30.0 Å². The molecule has 1 aromatic carbocycles. The molecule has 2 nitrogen and oxygen atoms in total. The van der Waals surface area contributed by atoms with Crippen LogP contribution in [0.5, 0.6) is 0 Å². The Morgan fingerprint density at radius 3 is 2.57 bits per heavy atom. The zero-order chi connectivity index (χ0) is 10.2. The SMILES string of the molecule is CC1(C)CC1C(=O)Nc1cc[c]cc1. The average Bonchev–Trinajstić information content (AvgIpc) is 2.77. The Morgan fingerprint density at radius 2 is 2.07 bits per heavy atom. The molecular weight excluding hydrogens is 174 g/mol. The van der Waals surface area contributed by atoms with Crippen LogP contribution in [0, 0.1) is 17.4 Å². The van der Waals surface area contributed by atoms with E-state index in [1.807, 2.05) is 12.1 Å². The minimum atomic E-state index is 0.140. The quantitative estimate of drug-likeness (QED) is 0.759. The first-order valence-corrected chi connectivity index (χ1v) is 4.86. The summed E-state index contributed by atoms with van der Waals surface area (Å²) in [4.78, 5) is 11.7. The Balaban J connectivity index is 1.97. The lowest BCUT2D eigenvalue weighted by molar-refractivity contribution is -0.117. The van der Waals surface area contributed by atoms with Crippen LogP contribution < -0.4 is 5.32 Å². The maximum Gasteiger partial charge on any atom is 0.228 e. The second-order valence-corrected chi connectivity index (χ2v) is 4.52. The summed E-state index contributed by atoms with van der Waals surface area (Å²) in [5.74, 6) is 0.327. The van der Waals surface area contributed by atoms with E-state index in [0.29, 0.717) is 0 Å². The number of hydrogen-bond acceptors (Lipinski definition) is 1. The molecule has 2 rings (SSSR count). The standard InChI is InChI=1S/C12H14NO/c1-12(2)8-10(12)11(14)13-9-6-4-3-5-7-9/h4-7,10H,8H2,1-2H3,(H,13,14). The van der Waals surface area contributed by atoms with Crippen molar-refractivity contribution in [3.8, 4) is 0 Å². The molecule has 73 valence electrons. The van der Waals surface area contributed by atoms with Crippen LogP contribution in [0.25, 0.3) is 0 Å². The summed E-state index contributed by atoms with van der Waals surface area (Å²) < 4.78 is 0. The molecule has 1 aromatic rings. The molecule has 0 aliphatic heterocycles. The highest BCUT2D eigenvalue weighted by atomic mass is 16.2. The van der Waals surface area contributed by atoms with E-state index in [1.165, 1.54) is 0 Å². The Hall–Kier alpha value is -1.31. The number of anilines is 1. The summed E-state index contributed by atoms with van der Waals surface area (Å²) in [6.07, 6.45) is 0.998. The summed E-state index contributed by atoms with van der Waals surface area (Å²) in [7, 11) is 0. The van der Waals surface area contributed by atoms with Gasteiger partial charge in [-0.3, -0.25) is 4.79 Å². The average molecular weight is 188 g/mol. The van der Waals surface area contributed by atoms with E-state index in [1.54, 1.807) is 12.1 Å². The third-order valence-corrected chi connectivity index (χ3v) is 2.82. The van der Waals surface area contributed by atoms with Gasteiger partial charge in [0.25, 0.3) is 0 Å². The first-order chi connectivity index (χ1) is 6.59. The molecule has 1 fully saturated rings. The number of rotatable bonds is 2. The van der Waals surface area contributed by atoms with Crippen LogP contribution in [0.2, 0.25) is 0 Å². The fraction of sp³-hybridized carbons (Fsp3) is 0.417. The minimum absolute atomic E-state index is 0.140. The fourth-order valence-electron chi connectivity index (χ4n) is 1.61. The first kappa shape index (κ1) is 9.25. The van der Waals surface area contributed by atoms with E-state index in [9.17, 15) is 4.79 Å². The molecule has 2 heteroatoms. The van der Waals surface area contributed by atoms with Gasteiger partial charge in [-0.1, -0.05) is 26.0 Å². The van der Waals surface area contributed by atoms with Gasteiger partial charge in [-0.25, -0.2) is 0 Å². The van der Waals surface area contributed by atoms with Crippen molar-refractivity contribution in [1.82, 2.24) is 0 Å². The van der Waals surface area contributed by atoms with Crippen molar-refractivity contribution in [1.29, 1.82) is 0 Å². The van der Waals surface area contributed by atoms with E-state index < -0.39 is 0 Å². The van der Waals surface area contributed by atoms with Gasteiger partial charge < -0.3 is 5.32 Å². The maximum atomic E-state index is 11.7. The van der Waals surface area contributed by atoms with Gasteiger partial charge in [-0.15, -0.1) is 0 Å². The molecular formula is C12H14NO. The van der Waals surface area contributed by atoms with Crippen LogP contribution >= 0.6 is 0 Å². The summed E-state index contributed by atoms with van der Waals surface area (Å²) in [6.45, 7) is 4.24. The maximum absolute atomic E-state index is 11.7. The number of nitrogens with one attached hydrogen (secondary N) is 1. The Labute approximate surface area is 84.3 Å². The van der Waals surface area contributed by atoms with Crippen molar-refractivity contribution < 1.29 is 4.79 Å². The normalized spacial score (nSPS) is 22.9. The lowest BCUT2D eigenvalue weighted by atomic mass is 10.1. The molecule has 1 saturated carbocycles. The highest BCUT2D eigenvalue weighted by Crippen LogP contribution is 2.51. The van der Waals surface area contributed by atoms with Crippen molar-refractivity contribution in [2.24, 2.45) is 11.3 Å². The Bertz CT molecular complexity index is 343. The zero-order valence-corrected chi connectivity index (χ0v) is 8.50. The molecule has 0 saturated heterocycles.